The predicted molar refractivity (Wildman–Crippen MR) is 93.9 cm³/mol. The number of ether oxygens (including phenoxy) is 1. The molecule has 0 unspecified atom stereocenters. The van der Waals surface area contributed by atoms with Gasteiger partial charge in [-0.3, -0.25) is 4.79 Å². The number of alkyl halides is 3. The van der Waals surface area contributed by atoms with Gasteiger partial charge in [-0.05, 0) is 12.1 Å². The molecule has 0 N–H and O–H groups in total. The first-order chi connectivity index (χ1) is 12.7. The van der Waals surface area contributed by atoms with Crippen molar-refractivity contribution in [2.24, 2.45) is 5.16 Å². The third-order valence-corrected chi connectivity index (χ3v) is 3.65. The summed E-state index contributed by atoms with van der Waals surface area (Å²) >= 11 is 5.60. The van der Waals surface area contributed by atoms with E-state index in [-0.39, 0.29) is 11.6 Å². The lowest BCUT2D eigenvalue weighted by Gasteiger charge is -2.19. The maximum Gasteiger partial charge on any atom is 0.421 e. The summed E-state index contributed by atoms with van der Waals surface area (Å²) in [6.07, 6.45) is -2.63. The molecule has 0 aliphatic carbocycles. The lowest BCUT2D eigenvalue weighted by atomic mass is 10.1. The topological polar surface area (TPSA) is 64.0 Å². The molecular formula is C17H15ClF3N3O3. The molecule has 2 rings (SSSR count). The van der Waals surface area contributed by atoms with E-state index in [0.29, 0.717) is 11.3 Å². The minimum Gasteiger partial charge on any atom is -0.472 e. The number of para-hydroxylation sites is 1. The van der Waals surface area contributed by atoms with Crippen LogP contribution in [0.4, 0.5) is 18.9 Å². The van der Waals surface area contributed by atoms with E-state index in [1.54, 1.807) is 24.3 Å². The number of hydrogen-bond donors (Lipinski definition) is 0. The number of nitrogens with zero attached hydrogens (tertiary/aromatic N) is 3. The first-order valence-corrected chi connectivity index (χ1v) is 7.89. The van der Waals surface area contributed by atoms with Crippen LogP contribution in [-0.2, 0) is 22.4 Å². The Bertz CT molecular complexity index is 844. The van der Waals surface area contributed by atoms with Crippen LogP contribution in [0.2, 0.25) is 5.02 Å². The number of hydrogen-bond acceptors (Lipinski definition) is 5. The Labute approximate surface area is 158 Å². The van der Waals surface area contributed by atoms with Gasteiger partial charge < -0.3 is 14.5 Å². The molecule has 0 spiro atoms. The summed E-state index contributed by atoms with van der Waals surface area (Å²) in [6.45, 7) is -0.243. The molecule has 1 aromatic carbocycles. The fraction of sp³-hybridized carbons (Fsp3) is 0.235. The zero-order chi connectivity index (χ0) is 20.0. The molecule has 10 heteroatoms. The van der Waals surface area contributed by atoms with E-state index >= 15 is 0 Å². The van der Waals surface area contributed by atoms with Gasteiger partial charge in [0.05, 0.1) is 10.7 Å². The average molecular weight is 402 g/mol. The van der Waals surface area contributed by atoms with Crippen molar-refractivity contribution < 1.29 is 27.5 Å². The maximum atomic E-state index is 13.1. The van der Waals surface area contributed by atoms with E-state index in [0.717, 1.165) is 18.5 Å². The number of rotatable bonds is 6. The average Bonchev–Trinajstić information content (AvgIpc) is 2.64. The summed E-state index contributed by atoms with van der Waals surface area (Å²) < 4.78 is 44.7. The minimum atomic E-state index is -4.67. The van der Waals surface area contributed by atoms with E-state index in [1.165, 1.54) is 19.1 Å². The van der Waals surface area contributed by atoms with Crippen LogP contribution < -0.4 is 9.64 Å². The van der Waals surface area contributed by atoms with Gasteiger partial charge in [0.1, 0.15) is 25.5 Å². The summed E-state index contributed by atoms with van der Waals surface area (Å²) in [5, 5.41) is 3.24. The number of oxime groups is 1. The Morgan fingerprint density at radius 2 is 2.07 bits per heavy atom. The van der Waals surface area contributed by atoms with E-state index < -0.39 is 23.5 Å². The van der Waals surface area contributed by atoms with Crippen molar-refractivity contribution in [1.82, 2.24) is 4.98 Å². The third kappa shape index (κ3) is 5.33. The first kappa shape index (κ1) is 20.5. The Balaban J connectivity index is 2.26. The minimum absolute atomic E-state index is 0.155. The molecular weight excluding hydrogens is 387 g/mol. The van der Waals surface area contributed by atoms with E-state index in [4.69, 9.17) is 16.3 Å². The number of halogens is 4. The van der Waals surface area contributed by atoms with Crippen LogP contribution >= 0.6 is 11.6 Å². The Morgan fingerprint density at radius 3 is 2.74 bits per heavy atom. The first-order valence-electron chi connectivity index (χ1n) is 7.51. The Morgan fingerprint density at radius 1 is 1.37 bits per heavy atom. The number of anilines is 1. The van der Waals surface area contributed by atoms with Gasteiger partial charge in [0, 0.05) is 18.8 Å². The van der Waals surface area contributed by atoms with Crippen LogP contribution in [0.5, 0.6) is 5.88 Å². The van der Waals surface area contributed by atoms with Crippen LogP contribution in [0.25, 0.3) is 0 Å². The van der Waals surface area contributed by atoms with Crippen molar-refractivity contribution in [2.45, 2.75) is 12.8 Å². The smallest absolute Gasteiger partial charge is 0.421 e. The molecule has 6 nitrogen and oxygen atoms in total. The Hall–Kier alpha value is -2.81. The van der Waals surface area contributed by atoms with Gasteiger partial charge in [0.15, 0.2) is 0 Å². The molecule has 144 valence electrons. The normalized spacial score (nSPS) is 11.5. The summed E-state index contributed by atoms with van der Waals surface area (Å²) in [5.74, 6) is -1.08. The molecule has 1 amide bonds. The van der Waals surface area contributed by atoms with Gasteiger partial charge in [-0.1, -0.05) is 35.0 Å². The number of carbonyl (C=O) groups is 1. The second kappa shape index (κ2) is 8.72. The molecule has 0 radical (unpaired) electrons. The highest BCUT2D eigenvalue weighted by Crippen LogP contribution is 2.36. The number of carbonyl (C=O) groups excluding carboxylic acids is 1. The molecule has 0 saturated heterocycles. The fourth-order valence-corrected chi connectivity index (χ4v) is 2.31. The molecule has 0 bridgehead atoms. The lowest BCUT2D eigenvalue weighted by Crippen LogP contribution is -2.28. The zero-order valence-corrected chi connectivity index (χ0v) is 15.1. The zero-order valence-electron chi connectivity index (χ0n) is 14.3. The van der Waals surface area contributed by atoms with Crippen molar-refractivity contribution in [3.05, 3.63) is 52.7 Å². The highest BCUT2D eigenvalue weighted by molar-refractivity contribution is 6.32. The van der Waals surface area contributed by atoms with Gasteiger partial charge in [-0.2, -0.15) is 13.2 Å². The molecule has 1 aromatic heterocycles. The second-order valence-electron chi connectivity index (χ2n) is 5.24. The summed E-state index contributed by atoms with van der Waals surface area (Å²) in [4.78, 5) is 21.4. The fourth-order valence-electron chi connectivity index (χ4n) is 2.15. The van der Waals surface area contributed by atoms with Crippen LogP contribution in [0.3, 0.4) is 0 Å². The van der Waals surface area contributed by atoms with E-state index in [9.17, 15) is 18.0 Å². The van der Waals surface area contributed by atoms with Crippen molar-refractivity contribution in [1.29, 1.82) is 0 Å². The highest BCUT2D eigenvalue weighted by Gasteiger charge is 2.35. The molecule has 0 aliphatic rings. The molecule has 0 aliphatic heterocycles. The van der Waals surface area contributed by atoms with Crippen LogP contribution in [-0.4, -0.2) is 31.3 Å². The maximum absolute atomic E-state index is 13.1. The van der Waals surface area contributed by atoms with Gasteiger partial charge in [-0.15, -0.1) is 0 Å². The van der Waals surface area contributed by atoms with Crippen LogP contribution in [0.15, 0.2) is 41.7 Å². The van der Waals surface area contributed by atoms with Crippen molar-refractivity contribution in [3.8, 4) is 5.88 Å². The number of aromatic nitrogens is 1. The summed E-state index contributed by atoms with van der Waals surface area (Å²) in [7, 11) is 2.79. The monoisotopic (exact) mass is 401 g/mol. The number of amides is 1. The molecule has 0 fully saturated rings. The van der Waals surface area contributed by atoms with Gasteiger partial charge in [-0.25, -0.2) is 4.98 Å². The predicted octanol–water partition coefficient (Wildman–Crippen LogP) is 3.93. The van der Waals surface area contributed by atoms with Gasteiger partial charge >= 0.3 is 6.18 Å². The van der Waals surface area contributed by atoms with E-state index in [2.05, 4.69) is 15.0 Å². The number of benzene rings is 1. The summed E-state index contributed by atoms with van der Waals surface area (Å²) in [5.41, 5.74) is -0.166. The third-order valence-electron chi connectivity index (χ3n) is 3.44. The molecule has 2 aromatic rings. The molecule has 0 saturated carbocycles. The van der Waals surface area contributed by atoms with Crippen molar-refractivity contribution in [2.75, 3.05) is 19.1 Å². The number of pyridine rings is 1. The van der Waals surface area contributed by atoms with Gasteiger partial charge in [0.2, 0.25) is 5.88 Å². The molecule has 27 heavy (non-hydrogen) atoms. The lowest BCUT2D eigenvalue weighted by molar-refractivity contribution is -0.139. The Kier molecular flexibility index (Phi) is 6.62. The van der Waals surface area contributed by atoms with Gasteiger partial charge in [0.25, 0.3) is 5.91 Å². The molecule has 0 atom stereocenters. The van der Waals surface area contributed by atoms with E-state index in [1.807, 2.05) is 0 Å². The SMILES string of the molecule is CON=CC(=O)N(C)c1ccccc1COc1ncc(Cl)cc1C(F)(F)F. The largest absolute Gasteiger partial charge is 0.472 e. The quantitative estimate of drug-likeness (QED) is 0.543. The molecule has 1 heterocycles. The second-order valence-corrected chi connectivity index (χ2v) is 5.67. The van der Waals surface area contributed by atoms with Crippen LogP contribution in [0.1, 0.15) is 11.1 Å². The standard InChI is InChI=1S/C17H15ClF3N3O3/c1-24(15(25)9-23-26-2)14-6-4-3-5-11(14)10-27-16-13(17(19,20)21)7-12(18)8-22-16/h3-9H,10H2,1-2H3. The highest BCUT2D eigenvalue weighted by atomic mass is 35.5. The summed E-state index contributed by atoms with van der Waals surface area (Å²) in [6, 6.07) is 7.33. The van der Waals surface area contributed by atoms with Crippen LogP contribution in [0, 0.1) is 0 Å². The van der Waals surface area contributed by atoms with Crippen molar-refractivity contribution >= 4 is 29.4 Å². The van der Waals surface area contributed by atoms with Crippen molar-refractivity contribution in [3.63, 3.8) is 0 Å².